The van der Waals surface area contributed by atoms with Crippen LogP contribution in [0.2, 0.25) is 0 Å². The van der Waals surface area contributed by atoms with Crippen LogP contribution < -0.4 is 5.73 Å². The average molecular weight is 668 g/mol. The number of esters is 4. The van der Waals surface area contributed by atoms with Gasteiger partial charge in [-0.1, -0.05) is 17.3 Å². The first-order chi connectivity index (χ1) is 22.8. The van der Waals surface area contributed by atoms with E-state index in [-0.39, 0.29) is 25.4 Å². The fourth-order valence-electron chi connectivity index (χ4n) is 5.58. The number of nitrogen functional groups attached to an aromatic ring is 1. The summed E-state index contributed by atoms with van der Waals surface area (Å²) in [6.45, 7) is 3.93. The van der Waals surface area contributed by atoms with Gasteiger partial charge < -0.3 is 34.2 Å². The van der Waals surface area contributed by atoms with Crippen LogP contribution in [0.1, 0.15) is 54.1 Å². The molecule has 0 bridgehead atoms. The van der Waals surface area contributed by atoms with E-state index in [1.165, 1.54) is 17.8 Å². The zero-order valence-electron chi connectivity index (χ0n) is 26.4. The molecule has 0 spiro atoms. The molecule has 0 radical (unpaired) electrons. The molecule has 3 aromatic rings. The van der Waals surface area contributed by atoms with Crippen molar-refractivity contribution in [3.05, 3.63) is 53.3 Å². The molecule has 5 atom stereocenters. The van der Waals surface area contributed by atoms with E-state index in [2.05, 4.69) is 10.3 Å². The molecule has 2 amide bonds. The number of benzene rings is 2. The number of carbonyl (C=O) groups is 6. The van der Waals surface area contributed by atoms with Crippen LogP contribution in [0, 0.1) is 0 Å². The van der Waals surface area contributed by atoms with Gasteiger partial charge in [0.05, 0.1) is 19.3 Å². The smallest absolute Gasteiger partial charge is 0.303 e. The number of nitrogens with zero attached hydrogens (tertiary/aromatic N) is 4. The SMILES string of the molecule is CC(=O)OC[C@H]1O[C@@H](OCc2cn(CCN3C(=O)c4cccc5c(N)ccc(c45)C3=O)nn2)[C@H](OC(C)=O)[C@@H](OC(C)=O)[C@@H]1OC(C)=O. The van der Waals surface area contributed by atoms with Crippen LogP contribution in [0.25, 0.3) is 10.8 Å². The topological polar surface area (TPSA) is 218 Å². The van der Waals surface area contributed by atoms with Crippen molar-refractivity contribution in [2.45, 2.75) is 71.6 Å². The van der Waals surface area contributed by atoms with Crippen LogP contribution in [-0.2, 0) is 60.8 Å². The Hall–Kier alpha value is -5.42. The predicted molar refractivity (Wildman–Crippen MR) is 160 cm³/mol. The van der Waals surface area contributed by atoms with Crippen LogP contribution in [0.4, 0.5) is 5.69 Å². The number of anilines is 1. The molecular formula is C31H33N5O12. The molecule has 1 fully saturated rings. The molecule has 254 valence electrons. The highest BCUT2D eigenvalue weighted by atomic mass is 16.7. The third kappa shape index (κ3) is 7.26. The van der Waals surface area contributed by atoms with Gasteiger partial charge in [0, 0.05) is 61.8 Å². The van der Waals surface area contributed by atoms with E-state index in [0.29, 0.717) is 27.6 Å². The normalized spacial score (nSPS) is 21.9. The van der Waals surface area contributed by atoms with Crippen LogP contribution in [0.15, 0.2) is 36.5 Å². The maximum Gasteiger partial charge on any atom is 0.303 e. The second kappa shape index (κ2) is 14.1. The molecule has 48 heavy (non-hydrogen) atoms. The van der Waals surface area contributed by atoms with Crippen molar-refractivity contribution in [1.82, 2.24) is 19.9 Å². The molecule has 1 aromatic heterocycles. The number of imide groups is 1. The van der Waals surface area contributed by atoms with Gasteiger partial charge in [0.25, 0.3) is 11.8 Å². The number of ether oxygens (including phenoxy) is 6. The highest BCUT2D eigenvalue weighted by molar-refractivity contribution is 6.26. The Kier molecular flexibility index (Phi) is 10.00. The van der Waals surface area contributed by atoms with Crippen molar-refractivity contribution < 1.29 is 57.2 Å². The average Bonchev–Trinajstić information content (AvgIpc) is 3.48. The third-order valence-corrected chi connectivity index (χ3v) is 7.51. The van der Waals surface area contributed by atoms with Crippen LogP contribution >= 0.6 is 0 Å². The minimum atomic E-state index is -1.41. The lowest BCUT2D eigenvalue weighted by atomic mass is 9.93. The minimum absolute atomic E-state index is 0.0127. The van der Waals surface area contributed by atoms with Gasteiger partial charge >= 0.3 is 23.9 Å². The second-order valence-electron chi connectivity index (χ2n) is 11.0. The first kappa shape index (κ1) is 33.9. The quantitative estimate of drug-likeness (QED) is 0.130. The first-order valence-electron chi connectivity index (χ1n) is 14.8. The summed E-state index contributed by atoms with van der Waals surface area (Å²) in [6.07, 6.45) is -5.19. The molecular weight excluding hydrogens is 634 g/mol. The minimum Gasteiger partial charge on any atom is -0.463 e. The molecule has 17 nitrogen and oxygen atoms in total. The molecule has 17 heteroatoms. The Morgan fingerprint density at radius 2 is 1.48 bits per heavy atom. The summed E-state index contributed by atoms with van der Waals surface area (Å²) in [5.41, 5.74) is 7.55. The summed E-state index contributed by atoms with van der Waals surface area (Å²) < 4.78 is 34.4. The van der Waals surface area contributed by atoms with Gasteiger partial charge in [-0.05, 0) is 18.2 Å². The summed E-state index contributed by atoms with van der Waals surface area (Å²) in [7, 11) is 0. The lowest BCUT2D eigenvalue weighted by Crippen LogP contribution is -2.62. The van der Waals surface area contributed by atoms with Crippen molar-refractivity contribution >= 4 is 52.2 Å². The highest BCUT2D eigenvalue weighted by Gasteiger charge is 2.52. The largest absolute Gasteiger partial charge is 0.463 e. The van der Waals surface area contributed by atoms with E-state index >= 15 is 0 Å². The summed E-state index contributed by atoms with van der Waals surface area (Å²) in [4.78, 5) is 75.2. The number of aromatic nitrogens is 3. The maximum atomic E-state index is 13.3. The van der Waals surface area contributed by atoms with Gasteiger partial charge in [-0.15, -0.1) is 5.10 Å². The molecule has 3 heterocycles. The van der Waals surface area contributed by atoms with E-state index < -0.39 is 73.0 Å². The van der Waals surface area contributed by atoms with E-state index in [0.717, 1.165) is 25.7 Å². The van der Waals surface area contributed by atoms with Gasteiger partial charge in [-0.25, -0.2) is 0 Å². The second-order valence-corrected chi connectivity index (χ2v) is 11.0. The zero-order valence-corrected chi connectivity index (χ0v) is 26.4. The standard InChI is InChI=1S/C31H33N5O12/c1-15(37)43-14-24-26(45-16(2)38)27(46-17(3)39)28(47-18(4)40)31(48-24)44-13-19-12-35(34-33-19)10-11-36-29(41)21-7-5-6-20-23(32)9-8-22(25(20)21)30(36)42/h5-9,12,24,26-28,31H,10-11,13-14,32H2,1-4H3/t24-,26-,27+,28-,31-/m1/s1. The lowest BCUT2D eigenvalue weighted by Gasteiger charge is -2.43. The maximum absolute atomic E-state index is 13.3. The molecule has 2 aliphatic rings. The van der Waals surface area contributed by atoms with E-state index in [9.17, 15) is 28.8 Å². The Balaban J connectivity index is 1.29. The monoisotopic (exact) mass is 667 g/mol. The summed E-state index contributed by atoms with van der Waals surface area (Å²) in [5, 5.41) is 9.26. The molecule has 0 aliphatic carbocycles. The molecule has 2 aromatic carbocycles. The predicted octanol–water partition coefficient (Wildman–Crippen LogP) is 0.909. The Morgan fingerprint density at radius 3 is 2.15 bits per heavy atom. The Bertz CT molecular complexity index is 1750. The third-order valence-electron chi connectivity index (χ3n) is 7.51. The lowest BCUT2D eigenvalue weighted by molar-refractivity contribution is -0.310. The van der Waals surface area contributed by atoms with Crippen molar-refractivity contribution in [3.63, 3.8) is 0 Å². The van der Waals surface area contributed by atoms with Gasteiger partial charge in [0.1, 0.15) is 18.4 Å². The van der Waals surface area contributed by atoms with Crippen molar-refractivity contribution in [2.24, 2.45) is 0 Å². The van der Waals surface area contributed by atoms with Gasteiger partial charge in [0.2, 0.25) is 0 Å². The van der Waals surface area contributed by atoms with Crippen LogP contribution in [-0.4, -0.2) is 99.4 Å². The Morgan fingerprint density at radius 1 is 0.833 bits per heavy atom. The summed E-state index contributed by atoms with van der Waals surface area (Å²) >= 11 is 0. The fraction of sp³-hybridized carbons (Fsp3) is 0.419. The number of hydrogen-bond acceptors (Lipinski definition) is 15. The number of carbonyl (C=O) groups excluding carboxylic acids is 6. The highest BCUT2D eigenvalue weighted by Crippen LogP contribution is 2.33. The molecule has 0 unspecified atom stereocenters. The van der Waals surface area contributed by atoms with Gasteiger partial charge in [-0.3, -0.25) is 38.3 Å². The van der Waals surface area contributed by atoms with E-state index in [1.54, 1.807) is 30.3 Å². The summed E-state index contributed by atoms with van der Waals surface area (Å²) in [6, 6.07) is 8.34. The zero-order chi connectivity index (χ0) is 34.7. The molecule has 5 rings (SSSR count). The molecule has 2 N–H and O–H groups in total. The van der Waals surface area contributed by atoms with Gasteiger partial charge in [0.15, 0.2) is 24.6 Å². The van der Waals surface area contributed by atoms with Crippen molar-refractivity contribution in [3.8, 4) is 0 Å². The number of hydrogen-bond donors (Lipinski definition) is 1. The van der Waals surface area contributed by atoms with Crippen molar-refractivity contribution in [2.75, 3.05) is 18.9 Å². The van der Waals surface area contributed by atoms with Crippen LogP contribution in [0.3, 0.4) is 0 Å². The molecule has 2 aliphatic heterocycles. The fourth-order valence-corrected chi connectivity index (χ4v) is 5.58. The van der Waals surface area contributed by atoms with E-state index in [1.807, 2.05) is 0 Å². The van der Waals surface area contributed by atoms with Crippen LogP contribution in [0.5, 0.6) is 0 Å². The first-order valence-corrected chi connectivity index (χ1v) is 14.8. The number of amides is 2. The van der Waals surface area contributed by atoms with E-state index in [4.69, 9.17) is 34.2 Å². The number of rotatable bonds is 11. The van der Waals surface area contributed by atoms with Gasteiger partial charge in [-0.2, -0.15) is 0 Å². The number of nitrogens with two attached hydrogens (primary N) is 1. The van der Waals surface area contributed by atoms with Crippen molar-refractivity contribution in [1.29, 1.82) is 0 Å². The summed E-state index contributed by atoms with van der Waals surface area (Å²) in [5.74, 6) is -3.89. The molecule has 1 saturated heterocycles. The Labute approximate surface area is 273 Å². The molecule has 0 saturated carbocycles.